The van der Waals surface area contributed by atoms with E-state index in [0.717, 1.165) is 12.1 Å². The zero-order valence-electron chi connectivity index (χ0n) is 9.88. The summed E-state index contributed by atoms with van der Waals surface area (Å²) in [7, 11) is 0. The fourth-order valence-corrected chi connectivity index (χ4v) is 1.89. The Morgan fingerprint density at radius 3 is 2.53 bits per heavy atom. The molecule has 0 radical (unpaired) electrons. The molecular weight excluding hydrogens is 263 g/mol. The predicted octanol–water partition coefficient (Wildman–Crippen LogP) is 1.66. The van der Waals surface area contributed by atoms with Gasteiger partial charge in [0.1, 0.15) is 6.61 Å². The highest BCUT2D eigenvalue weighted by Gasteiger charge is 2.57. The second-order valence-corrected chi connectivity index (χ2v) is 4.44. The fourth-order valence-electron chi connectivity index (χ4n) is 1.89. The van der Waals surface area contributed by atoms with Gasteiger partial charge in [0, 0.05) is 5.56 Å². The number of ether oxygens (including phenoxy) is 1. The number of cyclic esters (lactones) is 1. The van der Waals surface area contributed by atoms with E-state index in [0.29, 0.717) is 12.5 Å². The van der Waals surface area contributed by atoms with Crippen LogP contribution in [0.4, 0.5) is 13.2 Å². The van der Waals surface area contributed by atoms with Crippen molar-refractivity contribution in [3.63, 3.8) is 0 Å². The van der Waals surface area contributed by atoms with E-state index in [2.05, 4.69) is 0 Å². The third kappa shape index (κ3) is 1.85. The first-order valence-corrected chi connectivity index (χ1v) is 5.35. The van der Waals surface area contributed by atoms with Crippen LogP contribution in [0.2, 0.25) is 0 Å². The highest BCUT2D eigenvalue weighted by atomic mass is 19.4. The smallest absolute Gasteiger partial charge is 0.406 e. The molecule has 0 bridgehead atoms. The van der Waals surface area contributed by atoms with E-state index in [1.165, 1.54) is 6.07 Å². The third-order valence-corrected chi connectivity index (χ3v) is 3.32. The van der Waals surface area contributed by atoms with Crippen LogP contribution >= 0.6 is 0 Å². The number of primary amides is 1. The van der Waals surface area contributed by atoms with Crippen LogP contribution in [-0.4, -0.2) is 18.1 Å². The quantitative estimate of drug-likeness (QED) is 0.833. The molecule has 19 heavy (non-hydrogen) atoms. The normalized spacial score (nSPS) is 17.6. The number of carbonyl (C=O) groups excluding carboxylic acids is 2. The van der Waals surface area contributed by atoms with E-state index in [9.17, 15) is 22.8 Å². The zero-order chi connectivity index (χ0) is 14.4. The molecule has 1 aromatic rings. The van der Waals surface area contributed by atoms with Crippen molar-refractivity contribution in [3.8, 4) is 0 Å². The highest BCUT2D eigenvalue weighted by Crippen LogP contribution is 2.41. The molecular formula is C12H10F3NO3. The summed E-state index contributed by atoms with van der Waals surface area (Å²) in [6.07, 6.45) is -4.82. The zero-order valence-corrected chi connectivity index (χ0v) is 9.88. The first-order valence-electron chi connectivity index (χ1n) is 5.35. The summed E-state index contributed by atoms with van der Waals surface area (Å²) in [5.41, 5.74) is 2.33. The number of carbonyl (C=O) groups is 2. The SMILES string of the molecule is CC(C(N)=O)(c1ccc2c(c1)COC2=O)C(F)(F)F. The summed E-state index contributed by atoms with van der Waals surface area (Å²) in [4.78, 5) is 22.5. The van der Waals surface area contributed by atoms with Gasteiger partial charge >= 0.3 is 12.1 Å². The molecule has 1 unspecified atom stereocenters. The summed E-state index contributed by atoms with van der Waals surface area (Å²) < 4.78 is 43.9. The number of fused-ring (bicyclic) bond motifs is 1. The molecule has 0 saturated carbocycles. The molecule has 0 spiro atoms. The van der Waals surface area contributed by atoms with Gasteiger partial charge in [-0.15, -0.1) is 0 Å². The Morgan fingerprint density at radius 2 is 2.00 bits per heavy atom. The lowest BCUT2D eigenvalue weighted by molar-refractivity contribution is -0.189. The molecule has 2 rings (SSSR count). The lowest BCUT2D eigenvalue weighted by atomic mass is 9.80. The van der Waals surface area contributed by atoms with Crippen LogP contribution in [-0.2, 0) is 21.6 Å². The Kier molecular flexibility index (Phi) is 2.80. The molecule has 1 aliphatic rings. The first kappa shape index (κ1) is 13.4. The Balaban J connectivity index is 2.57. The minimum atomic E-state index is -4.82. The molecule has 0 aromatic heterocycles. The van der Waals surface area contributed by atoms with Gasteiger partial charge in [0.15, 0.2) is 5.41 Å². The number of nitrogens with two attached hydrogens (primary N) is 1. The van der Waals surface area contributed by atoms with E-state index >= 15 is 0 Å². The van der Waals surface area contributed by atoms with Crippen LogP contribution in [0.25, 0.3) is 0 Å². The Hall–Kier alpha value is -2.05. The maximum Gasteiger partial charge on any atom is 0.406 e. The molecule has 2 N–H and O–H groups in total. The number of hydrogen-bond donors (Lipinski definition) is 1. The van der Waals surface area contributed by atoms with Crippen molar-refractivity contribution in [2.45, 2.75) is 25.1 Å². The van der Waals surface area contributed by atoms with Gasteiger partial charge in [0.2, 0.25) is 5.91 Å². The van der Waals surface area contributed by atoms with Crippen LogP contribution in [0.5, 0.6) is 0 Å². The number of rotatable bonds is 2. The Labute approximate surface area is 106 Å². The lowest BCUT2D eigenvalue weighted by Gasteiger charge is -2.29. The minimum absolute atomic E-state index is 0.102. The summed E-state index contributed by atoms with van der Waals surface area (Å²) >= 11 is 0. The van der Waals surface area contributed by atoms with Gasteiger partial charge in [0.05, 0.1) is 5.56 Å². The van der Waals surface area contributed by atoms with Crippen LogP contribution in [0.15, 0.2) is 18.2 Å². The van der Waals surface area contributed by atoms with Crippen molar-refractivity contribution in [3.05, 3.63) is 34.9 Å². The van der Waals surface area contributed by atoms with Crippen molar-refractivity contribution >= 4 is 11.9 Å². The van der Waals surface area contributed by atoms with Crippen LogP contribution in [0.1, 0.15) is 28.4 Å². The third-order valence-electron chi connectivity index (χ3n) is 3.32. The van der Waals surface area contributed by atoms with Gasteiger partial charge in [-0.25, -0.2) is 4.79 Å². The maximum absolute atomic E-state index is 13.1. The molecule has 4 nitrogen and oxygen atoms in total. The van der Waals surface area contributed by atoms with Gasteiger partial charge < -0.3 is 10.5 Å². The van der Waals surface area contributed by atoms with Crippen molar-refractivity contribution in [2.75, 3.05) is 0 Å². The number of halogens is 3. The number of alkyl halides is 3. The van der Waals surface area contributed by atoms with Crippen molar-refractivity contribution in [2.24, 2.45) is 5.73 Å². The van der Waals surface area contributed by atoms with E-state index in [1.54, 1.807) is 0 Å². The van der Waals surface area contributed by atoms with Crippen LogP contribution in [0, 0.1) is 0 Å². The molecule has 7 heteroatoms. The second kappa shape index (κ2) is 3.97. The molecule has 1 aromatic carbocycles. The van der Waals surface area contributed by atoms with Gasteiger partial charge in [-0.3, -0.25) is 4.79 Å². The molecule has 0 saturated heterocycles. The van der Waals surface area contributed by atoms with Gasteiger partial charge in [-0.05, 0) is 18.6 Å². The molecule has 1 heterocycles. The topological polar surface area (TPSA) is 69.4 Å². The van der Waals surface area contributed by atoms with Crippen molar-refractivity contribution in [1.82, 2.24) is 0 Å². The Morgan fingerprint density at radius 1 is 1.37 bits per heavy atom. The van der Waals surface area contributed by atoms with E-state index < -0.39 is 23.5 Å². The van der Waals surface area contributed by atoms with Crippen LogP contribution < -0.4 is 5.73 Å². The summed E-state index contributed by atoms with van der Waals surface area (Å²) in [5.74, 6) is -2.08. The van der Waals surface area contributed by atoms with Crippen LogP contribution in [0.3, 0.4) is 0 Å². The number of esters is 1. The average Bonchev–Trinajstić information content (AvgIpc) is 2.68. The molecule has 0 fully saturated rings. The maximum atomic E-state index is 13.1. The highest BCUT2D eigenvalue weighted by molar-refractivity contribution is 5.94. The lowest BCUT2D eigenvalue weighted by Crippen LogP contribution is -2.50. The molecule has 1 atom stereocenters. The van der Waals surface area contributed by atoms with E-state index in [1.807, 2.05) is 0 Å². The standard InChI is InChI=1S/C12H10F3NO3/c1-11(10(16)18,12(13,14)15)7-2-3-8-6(4-7)5-19-9(8)17/h2-4H,5H2,1H3,(H2,16,18). The molecule has 1 amide bonds. The number of benzene rings is 1. The van der Waals surface area contributed by atoms with Gasteiger partial charge in [-0.1, -0.05) is 12.1 Å². The van der Waals surface area contributed by atoms with Crippen molar-refractivity contribution < 1.29 is 27.5 Å². The summed E-state index contributed by atoms with van der Waals surface area (Å²) in [6.45, 7) is 0.614. The molecule has 0 aliphatic carbocycles. The van der Waals surface area contributed by atoms with Gasteiger partial charge in [0.25, 0.3) is 0 Å². The number of amides is 1. The van der Waals surface area contributed by atoms with E-state index in [4.69, 9.17) is 10.5 Å². The number of hydrogen-bond acceptors (Lipinski definition) is 3. The summed E-state index contributed by atoms with van der Waals surface area (Å²) in [5, 5.41) is 0. The monoisotopic (exact) mass is 273 g/mol. The average molecular weight is 273 g/mol. The summed E-state index contributed by atoms with van der Waals surface area (Å²) in [6, 6.07) is 3.43. The fraction of sp³-hybridized carbons (Fsp3) is 0.333. The first-order chi connectivity index (χ1) is 8.68. The predicted molar refractivity (Wildman–Crippen MR) is 58.2 cm³/mol. The largest absolute Gasteiger partial charge is 0.457 e. The van der Waals surface area contributed by atoms with Gasteiger partial charge in [-0.2, -0.15) is 13.2 Å². The molecule has 1 aliphatic heterocycles. The second-order valence-electron chi connectivity index (χ2n) is 4.44. The van der Waals surface area contributed by atoms with E-state index in [-0.39, 0.29) is 17.7 Å². The minimum Gasteiger partial charge on any atom is -0.457 e. The van der Waals surface area contributed by atoms with Crippen molar-refractivity contribution in [1.29, 1.82) is 0 Å². The Bertz CT molecular complexity index is 568. The molecule has 102 valence electrons.